The number of carboxylic acids is 1. The van der Waals surface area contributed by atoms with E-state index in [2.05, 4.69) is 5.32 Å². The third kappa shape index (κ3) is 5.02. The predicted molar refractivity (Wildman–Crippen MR) is 73.1 cm³/mol. The molecule has 0 heterocycles. The molecule has 116 valence electrons. The van der Waals surface area contributed by atoms with E-state index in [0.29, 0.717) is 0 Å². The summed E-state index contributed by atoms with van der Waals surface area (Å²) in [6.45, 7) is 1.21. The zero-order valence-electron chi connectivity index (χ0n) is 11.0. The summed E-state index contributed by atoms with van der Waals surface area (Å²) in [5.41, 5.74) is 0.105. The summed E-state index contributed by atoms with van der Waals surface area (Å²) in [6.07, 6.45) is -1.30. The Balaban J connectivity index is 2.82. The van der Waals surface area contributed by atoms with Gasteiger partial charge in [-0.15, -0.1) is 0 Å². The van der Waals surface area contributed by atoms with Gasteiger partial charge in [0.1, 0.15) is 0 Å². The summed E-state index contributed by atoms with van der Waals surface area (Å²) in [5, 5.41) is 27.3. The number of carbonyl (C=O) groups excluding carboxylic acids is 1. The second-order valence-electron chi connectivity index (χ2n) is 4.23. The van der Waals surface area contributed by atoms with Gasteiger partial charge in [-0.2, -0.15) is 0 Å². The molecule has 0 aromatic heterocycles. The van der Waals surface area contributed by atoms with Crippen molar-refractivity contribution in [3.63, 3.8) is 0 Å². The first-order valence-electron chi connectivity index (χ1n) is 5.72. The molecule has 0 saturated heterocycles. The monoisotopic (exact) mass is 317 g/mol. The number of hydrogen-bond donors (Lipinski definition) is 5. The molecule has 1 aromatic carbocycles. The molecule has 0 spiro atoms. The van der Waals surface area contributed by atoms with E-state index in [0.717, 1.165) is 6.07 Å². The predicted octanol–water partition coefficient (Wildman–Crippen LogP) is -0.710. The molecule has 6 N–H and O–H groups in total. The van der Waals surface area contributed by atoms with Gasteiger partial charge in [0, 0.05) is 5.69 Å². The fourth-order valence-electron chi connectivity index (χ4n) is 1.45. The van der Waals surface area contributed by atoms with Crippen molar-refractivity contribution < 1.29 is 28.2 Å². The lowest BCUT2D eigenvalue weighted by Gasteiger charge is -2.17. The van der Waals surface area contributed by atoms with E-state index in [4.69, 9.17) is 10.2 Å². The molecule has 1 rings (SSSR count). The Hall–Kier alpha value is -2.17. The summed E-state index contributed by atoms with van der Waals surface area (Å²) < 4.78 is 22.3. The number of sulfonamides is 1. The first kappa shape index (κ1) is 16.9. The molecule has 21 heavy (non-hydrogen) atoms. The maximum absolute atomic E-state index is 11.6. The molecule has 2 atom stereocenters. The number of carbonyl (C=O) groups is 2. The highest BCUT2D eigenvalue weighted by Crippen LogP contribution is 2.13. The standard InChI is InChI=1S/C11H15N3O6S/c1-6(15)9(10(16)17)14-11(18)13-7-3-2-4-8(5-7)21(12,19)20/h2-6,9,15H,1H3,(H,16,17)(H2,12,19,20)(H2,13,14,18)/t6-,9+/m1/s1. The molecule has 0 unspecified atom stereocenters. The van der Waals surface area contributed by atoms with Crippen molar-refractivity contribution in [2.45, 2.75) is 24.0 Å². The highest BCUT2D eigenvalue weighted by atomic mass is 32.2. The van der Waals surface area contributed by atoms with E-state index in [1.165, 1.54) is 25.1 Å². The van der Waals surface area contributed by atoms with Crippen LogP contribution in [0.4, 0.5) is 10.5 Å². The van der Waals surface area contributed by atoms with Gasteiger partial charge >= 0.3 is 12.0 Å². The molecule has 0 aliphatic rings. The van der Waals surface area contributed by atoms with Gasteiger partial charge in [-0.25, -0.2) is 23.1 Å². The Bertz CT molecular complexity index is 643. The van der Waals surface area contributed by atoms with Crippen LogP contribution in [-0.2, 0) is 14.8 Å². The Morgan fingerprint density at radius 3 is 2.43 bits per heavy atom. The second kappa shape index (κ2) is 6.52. The number of aliphatic carboxylic acids is 1. The Kier molecular flexibility index (Phi) is 5.24. The largest absolute Gasteiger partial charge is 0.480 e. The molecule has 0 saturated carbocycles. The van der Waals surface area contributed by atoms with Crippen LogP contribution in [0.2, 0.25) is 0 Å². The first-order valence-corrected chi connectivity index (χ1v) is 7.27. The number of aliphatic hydroxyl groups is 1. The van der Waals surface area contributed by atoms with E-state index in [9.17, 15) is 23.1 Å². The van der Waals surface area contributed by atoms with Crippen LogP contribution in [-0.4, -0.2) is 42.8 Å². The number of urea groups is 1. The highest BCUT2D eigenvalue weighted by Gasteiger charge is 2.25. The molecule has 9 nitrogen and oxygen atoms in total. The molecule has 0 bridgehead atoms. The summed E-state index contributed by atoms with van der Waals surface area (Å²) in [7, 11) is -3.92. The quantitative estimate of drug-likeness (QED) is 0.482. The summed E-state index contributed by atoms with van der Waals surface area (Å²) in [4.78, 5) is 22.2. The maximum Gasteiger partial charge on any atom is 0.328 e. The third-order valence-corrected chi connectivity index (χ3v) is 3.37. The summed E-state index contributed by atoms with van der Waals surface area (Å²) >= 11 is 0. The van der Waals surface area contributed by atoms with Gasteiger partial charge in [-0.1, -0.05) is 6.07 Å². The minimum absolute atomic E-state index is 0.105. The van der Waals surface area contributed by atoms with Crippen LogP contribution in [0.5, 0.6) is 0 Å². The van der Waals surface area contributed by atoms with Gasteiger partial charge in [-0.05, 0) is 25.1 Å². The molecule has 0 aliphatic carbocycles. The maximum atomic E-state index is 11.6. The topological polar surface area (TPSA) is 159 Å². The normalized spacial score (nSPS) is 14.0. The van der Waals surface area contributed by atoms with Crippen molar-refractivity contribution in [1.29, 1.82) is 0 Å². The molecule has 0 radical (unpaired) electrons. The van der Waals surface area contributed by atoms with Gasteiger partial charge in [-0.3, -0.25) is 0 Å². The van der Waals surface area contributed by atoms with E-state index in [1.807, 2.05) is 5.32 Å². The van der Waals surface area contributed by atoms with E-state index in [-0.39, 0.29) is 10.6 Å². The van der Waals surface area contributed by atoms with Crippen LogP contribution in [0.15, 0.2) is 29.2 Å². The highest BCUT2D eigenvalue weighted by molar-refractivity contribution is 7.89. The fourth-order valence-corrected chi connectivity index (χ4v) is 2.01. The van der Waals surface area contributed by atoms with Crippen molar-refractivity contribution in [1.82, 2.24) is 5.32 Å². The van der Waals surface area contributed by atoms with E-state index in [1.54, 1.807) is 0 Å². The second-order valence-corrected chi connectivity index (χ2v) is 5.79. The number of anilines is 1. The van der Waals surface area contributed by atoms with Crippen LogP contribution in [0, 0.1) is 0 Å². The Morgan fingerprint density at radius 2 is 1.95 bits per heavy atom. The van der Waals surface area contributed by atoms with Crippen molar-refractivity contribution in [2.75, 3.05) is 5.32 Å². The summed E-state index contributed by atoms with van der Waals surface area (Å²) in [6, 6.07) is 2.72. The first-order chi connectivity index (χ1) is 9.61. The van der Waals surface area contributed by atoms with Crippen LogP contribution in [0.3, 0.4) is 0 Å². The van der Waals surface area contributed by atoms with Gasteiger partial charge in [0.25, 0.3) is 0 Å². The average Bonchev–Trinajstić information content (AvgIpc) is 2.34. The molecule has 1 aromatic rings. The average molecular weight is 317 g/mol. The zero-order chi connectivity index (χ0) is 16.2. The van der Waals surface area contributed by atoms with Crippen LogP contribution in [0.25, 0.3) is 0 Å². The molecule has 0 fully saturated rings. The van der Waals surface area contributed by atoms with Crippen molar-refractivity contribution in [3.05, 3.63) is 24.3 Å². The number of carboxylic acid groups (broad SMARTS) is 1. The minimum atomic E-state index is -3.92. The SMILES string of the molecule is C[C@@H](O)[C@H](NC(=O)Nc1cccc(S(N)(=O)=O)c1)C(=O)O. The lowest BCUT2D eigenvalue weighted by molar-refractivity contribution is -0.141. The number of aliphatic hydroxyl groups excluding tert-OH is 1. The number of primary sulfonamides is 1. The summed E-state index contributed by atoms with van der Waals surface area (Å²) in [5.74, 6) is -1.40. The number of rotatable bonds is 5. The number of nitrogens with one attached hydrogen (secondary N) is 2. The fraction of sp³-hybridized carbons (Fsp3) is 0.273. The zero-order valence-corrected chi connectivity index (χ0v) is 11.8. The number of nitrogens with two attached hydrogens (primary N) is 1. The van der Waals surface area contributed by atoms with Crippen LogP contribution >= 0.6 is 0 Å². The van der Waals surface area contributed by atoms with Crippen molar-refractivity contribution in [2.24, 2.45) is 5.14 Å². The number of amides is 2. The lowest BCUT2D eigenvalue weighted by atomic mass is 10.2. The molecule has 10 heteroatoms. The van der Waals surface area contributed by atoms with Gasteiger partial charge < -0.3 is 20.8 Å². The van der Waals surface area contributed by atoms with E-state index < -0.39 is 34.2 Å². The smallest absolute Gasteiger partial charge is 0.328 e. The number of hydrogen-bond acceptors (Lipinski definition) is 5. The van der Waals surface area contributed by atoms with Crippen molar-refractivity contribution >= 4 is 27.7 Å². The van der Waals surface area contributed by atoms with Gasteiger partial charge in [0.15, 0.2) is 6.04 Å². The minimum Gasteiger partial charge on any atom is -0.480 e. The lowest BCUT2D eigenvalue weighted by Crippen LogP contribution is -2.49. The number of benzene rings is 1. The third-order valence-electron chi connectivity index (χ3n) is 2.46. The van der Waals surface area contributed by atoms with Crippen LogP contribution in [0.1, 0.15) is 6.92 Å². The Morgan fingerprint density at radius 1 is 1.33 bits per heavy atom. The van der Waals surface area contributed by atoms with Gasteiger partial charge in [0.05, 0.1) is 11.0 Å². The molecular weight excluding hydrogens is 302 g/mol. The van der Waals surface area contributed by atoms with Crippen LogP contribution < -0.4 is 15.8 Å². The molecule has 0 aliphatic heterocycles. The molecular formula is C11H15N3O6S. The van der Waals surface area contributed by atoms with Crippen molar-refractivity contribution in [3.8, 4) is 0 Å². The van der Waals surface area contributed by atoms with E-state index >= 15 is 0 Å². The van der Waals surface area contributed by atoms with Gasteiger partial charge in [0.2, 0.25) is 10.0 Å². The molecule has 2 amide bonds. The Labute approximate surface area is 120 Å².